The summed E-state index contributed by atoms with van der Waals surface area (Å²) in [4.78, 5) is 30.0. The zero-order valence-corrected chi connectivity index (χ0v) is 9.16. The molecule has 0 bridgehead atoms. The molecule has 0 amide bonds. The predicted octanol–water partition coefficient (Wildman–Crippen LogP) is -2.55. The van der Waals surface area contributed by atoms with E-state index in [4.69, 9.17) is 9.94 Å². The van der Waals surface area contributed by atoms with Crippen molar-refractivity contribution in [2.45, 2.75) is 19.1 Å². The normalized spacial score (nSPS) is 24.3. The first-order valence-electron chi connectivity index (χ1n) is 5.09. The standard InChI is InChI=1S/C9H13N3O5/c1-5-2-11(9(16)10-8(5)15)12-3-6(14)7(4-13)17-12/h2,6-7,13-14H,3-4H2,1H3,(H,10,15,16)/t6?,7-/m1/s1. The Morgan fingerprint density at radius 2 is 2.29 bits per heavy atom. The minimum atomic E-state index is -0.890. The summed E-state index contributed by atoms with van der Waals surface area (Å²) in [6, 6.07) is 0. The van der Waals surface area contributed by atoms with Crippen LogP contribution in [-0.4, -0.2) is 45.2 Å². The maximum Gasteiger partial charge on any atom is 0.348 e. The van der Waals surface area contributed by atoms with Gasteiger partial charge in [-0.3, -0.25) is 9.78 Å². The smallest absolute Gasteiger partial charge is 0.348 e. The first-order valence-corrected chi connectivity index (χ1v) is 5.09. The second-order valence-corrected chi connectivity index (χ2v) is 3.84. The Kier molecular flexibility index (Phi) is 3.01. The van der Waals surface area contributed by atoms with Crippen LogP contribution in [0.2, 0.25) is 0 Å². The van der Waals surface area contributed by atoms with Crippen molar-refractivity contribution >= 4 is 0 Å². The van der Waals surface area contributed by atoms with Gasteiger partial charge in [0.2, 0.25) is 0 Å². The van der Waals surface area contributed by atoms with E-state index < -0.39 is 23.5 Å². The van der Waals surface area contributed by atoms with Crippen LogP contribution in [-0.2, 0) is 4.84 Å². The fraction of sp³-hybridized carbons (Fsp3) is 0.556. The Balaban J connectivity index is 2.34. The SMILES string of the molecule is Cc1cn(N2CC(O)[C@@H](CO)O2)c(=O)[nH]c1=O. The molecule has 94 valence electrons. The van der Waals surface area contributed by atoms with Gasteiger partial charge in [-0.15, -0.1) is 0 Å². The molecule has 0 radical (unpaired) electrons. The fourth-order valence-electron chi connectivity index (χ4n) is 1.56. The van der Waals surface area contributed by atoms with E-state index >= 15 is 0 Å². The molecule has 0 saturated carbocycles. The molecular formula is C9H13N3O5. The molecule has 17 heavy (non-hydrogen) atoms. The summed E-state index contributed by atoms with van der Waals surface area (Å²) >= 11 is 0. The Morgan fingerprint density at radius 1 is 1.59 bits per heavy atom. The molecule has 1 fully saturated rings. The molecule has 0 spiro atoms. The maximum atomic E-state index is 11.5. The Bertz CT molecular complexity index is 522. The molecule has 8 heteroatoms. The lowest BCUT2D eigenvalue weighted by Crippen LogP contribution is -2.44. The molecule has 1 aliphatic rings. The Hall–Kier alpha value is -1.64. The molecular weight excluding hydrogens is 230 g/mol. The van der Waals surface area contributed by atoms with Crippen molar-refractivity contribution in [3.8, 4) is 0 Å². The van der Waals surface area contributed by atoms with Gasteiger partial charge in [0.25, 0.3) is 5.56 Å². The number of hydrogen-bond acceptors (Lipinski definition) is 6. The summed E-state index contributed by atoms with van der Waals surface area (Å²) < 4.78 is 1.05. The van der Waals surface area contributed by atoms with Crippen LogP contribution < -0.4 is 16.4 Å². The number of β-amino-alcohol motifs (C(OH)–C–C–N with tert-alkyl or cyclic N) is 1. The Morgan fingerprint density at radius 3 is 2.88 bits per heavy atom. The highest BCUT2D eigenvalue weighted by Crippen LogP contribution is 2.11. The number of H-pyrrole nitrogens is 1. The van der Waals surface area contributed by atoms with E-state index in [1.54, 1.807) is 6.92 Å². The number of hydrogen-bond donors (Lipinski definition) is 3. The molecule has 2 heterocycles. The number of rotatable bonds is 2. The highest BCUT2D eigenvalue weighted by molar-refractivity contribution is 5.03. The van der Waals surface area contributed by atoms with Gasteiger partial charge in [-0.25, -0.2) is 9.63 Å². The first-order chi connectivity index (χ1) is 8.02. The van der Waals surface area contributed by atoms with E-state index in [1.807, 2.05) is 0 Å². The van der Waals surface area contributed by atoms with Gasteiger partial charge >= 0.3 is 5.69 Å². The van der Waals surface area contributed by atoms with Gasteiger partial charge in [0, 0.05) is 11.8 Å². The van der Waals surface area contributed by atoms with Crippen LogP contribution in [0.3, 0.4) is 0 Å². The molecule has 1 saturated heterocycles. The molecule has 1 aromatic rings. The van der Waals surface area contributed by atoms with E-state index in [0.29, 0.717) is 5.56 Å². The number of aliphatic hydroxyl groups excluding tert-OH is 2. The van der Waals surface area contributed by atoms with Crippen LogP contribution in [0.25, 0.3) is 0 Å². The van der Waals surface area contributed by atoms with E-state index in [2.05, 4.69) is 4.98 Å². The second-order valence-electron chi connectivity index (χ2n) is 3.84. The molecule has 1 aromatic heterocycles. The molecule has 8 nitrogen and oxygen atoms in total. The lowest BCUT2D eigenvalue weighted by molar-refractivity contribution is -0.0232. The summed E-state index contributed by atoms with van der Waals surface area (Å²) in [5.41, 5.74) is -0.786. The number of aliphatic hydroxyl groups is 2. The van der Waals surface area contributed by atoms with Gasteiger partial charge in [-0.2, -0.15) is 9.85 Å². The highest BCUT2D eigenvalue weighted by atomic mass is 16.7. The average Bonchev–Trinajstić information content (AvgIpc) is 2.65. The number of aromatic nitrogens is 2. The number of hydroxylamine groups is 1. The third-order valence-corrected chi connectivity index (χ3v) is 2.55. The van der Waals surface area contributed by atoms with Crippen LogP contribution in [0, 0.1) is 6.92 Å². The van der Waals surface area contributed by atoms with Crippen molar-refractivity contribution in [2.75, 3.05) is 18.3 Å². The van der Waals surface area contributed by atoms with Crippen molar-refractivity contribution in [3.63, 3.8) is 0 Å². The van der Waals surface area contributed by atoms with Crippen molar-refractivity contribution in [3.05, 3.63) is 32.6 Å². The zero-order chi connectivity index (χ0) is 12.6. The predicted molar refractivity (Wildman–Crippen MR) is 57.1 cm³/mol. The van der Waals surface area contributed by atoms with E-state index in [9.17, 15) is 14.7 Å². The molecule has 1 aliphatic heterocycles. The molecule has 0 aliphatic carbocycles. The molecule has 3 N–H and O–H groups in total. The van der Waals surface area contributed by atoms with Crippen molar-refractivity contribution in [1.29, 1.82) is 0 Å². The van der Waals surface area contributed by atoms with Crippen LogP contribution in [0.4, 0.5) is 0 Å². The van der Waals surface area contributed by atoms with Gasteiger partial charge in [0.1, 0.15) is 12.2 Å². The zero-order valence-electron chi connectivity index (χ0n) is 9.16. The van der Waals surface area contributed by atoms with Gasteiger partial charge in [-0.1, -0.05) is 0 Å². The monoisotopic (exact) mass is 243 g/mol. The summed E-state index contributed by atoms with van der Waals surface area (Å²) in [5, 5.41) is 19.5. The number of nitrogens with one attached hydrogen (secondary N) is 1. The van der Waals surface area contributed by atoms with Gasteiger partial charge in [0.15, 0.2) is 0 Å². The third kappa shape index (κ3) is 2.09. The topological polar surface area (TPSA) is 108 Å². The van der Waals surface area contributed by atoms with E-state index in [-0.39, 0.29) is 13.2 Å². The lowest BCUT2D eigenvalue weighted by atomic mass is 10.2. The minimum absolute atomic E-state index is 0.0383. The summed E-state index contributed by atoms with van der Waals surface area (Å²) in [5.74, 6) is 0. The number of aryl methyl sites for hydroxylation is 1. The number of aromatic amines is 1. The van der Waals surface area contributed by atoms with Crippen LogP contribution in [0.1, 0.15) is 5.56 Å². The summed E-state index contributed by atoms with van der Waals surface area (Å²) in [7, 11) is 0. The van der Waals surface area contributed by atoms with Gasteiger partial charge in [-0.05, 0) is 6.92 Å². The average molecular weight is 243 g/mol. The largest absolute Gasteiger partial charge is 0.393 e. The number of nitrogens with zero attached hydrogens (tertiary/aromatic N) is 2. The quantitative estimate of drug-likeness (QED) is 0.528. The first kappa shape index (κ1) is 11.8. The van der Waals surface area contributed by atoms with Crippen molar-refractivity contribution in [2.24, 2.45) is 0 Å². The van der Waals surface area contributed by atoms with E-state index in [1.165, 1.54) is 6.20 Å². The molecule has 0 aromatic carbocycles. The fourth-order valence-corrected chi connectivity index (χ4v) is 1.56. The molecule has 2 atom stereocenters. The van der Waals surface area contributed by atoms with Gasteiger partial charge < -0.3 is 10.2 Å². The third-order valence-electron chi connectivity index (χ3n) is 2.55. The van der Waals surface area contributed by atoms with Crippen LogP contribution in [0.5, 0.6) is 0 Å². The van der Waals surface area contributed by atoms with E-state index in [0.717, 1.165) is 9.85 Å². The highest BCUT2D eigenvalue weighted by Gasteiger charge is 2.33. The van der Waals surface area contributed by atoms with Crippen molar-refractivity contribution in [1.82, 2.24) is 9.66 Å². The van der Waals surface area contributed by atoms with Gasteiger partial charge in [0.05, 0.1) is 13.2 Å². The summed E-state index contributed by atoms with van der Waals surface area (Å²) in [6.45, 7) is 1.23. The molecule has 1 unspecified atom stereocenters. The lowest BCUT2D eigenvalue weighted by Gasteiger charge is -2.18. The van der Waals surface area contributed by atoms with Crippen LogP contribution >= 0.6 is 0 Å². The van der Waals surface area contributed by atoms with Crippen LogP contribution in [0.15, 0.2) is 15.8 Å². The Labute approximate surface area is 95.6 Å². The van der Waals surface area contributed by atoms with Crippen molar-refractivity contribution < 1.29 is 15.1 Å². The second kappa shape index (κ2) is 4.32. The summed E-state index contributed by atoms with van der Waals surface area (Å²) in [6.07, 6.45) is -0.346. The minimum Gasteiger partial charge on any atom is -0.393 e. The molecule has 2 rings (SSSR count). The maximum absolute atomic E-state index is 11.5.